The summed E-state index contributed by atoms with van der Waals surface area (Å²) in [4.78, 5) is 24.1. The SMILES string of the molecule is CCOC(=O)c1ccc(-n2c(C)cc(/C=N\NC(=O)c3cccc(I)c3)c2C)cc1. The number of aryl methyl sites for hydroxylation is 1. The van der Waals surface area contributed by atoms with Crippen molar-refractivity contribution in [3.63, 3.8) is 0 Å². The van der Waals surface area contributed by atoms with Gasteiger partial charge in [-0.1, -0.05) is 6.07 Å². The molecule has 0 radical (unpaired) electrons. The number of aromatic nitrogens is 1. The van der Waals surface area contributed by atoms with Gasteiger partial charge in [0.15, 0.2) is 0 Å². The smallest absolute Gasteiger partial charge is 0.338 e. The van der Waals surface area contributed by atoms with Crippen LogP contribution in [0.25, 0.3) is 5.69 Å². The molecule has 0 atom stereocenters. The summed E-state index contributed by atoms with van der Waals surface area (Å²) < 4.78 is 8.08. The zero-order valence-electron chi connectivity index (χ0n) is 17.0. The van der Waals surface area contributed by atoms with Crippen molar-refractivity contribution in [1.29, 1.82) is 0 Å². The van der Waals surface area contributed by atoms with E-state index in [9.17, 15) is 9.59 Å². The van der Waals surface area contributed by atoms with E-state index >= 15 is 0 Å². The van der Waals surface area contributed by atoms with Crippen LogP contribution in [0.5, 0.6) is 0 Å². The van der Waals surface area contributed by atoms with Gasteiger partial charge in [-0.05, 0) is 91.9 Å². The number of esters is 1. The van der Waals surface area contributed by atoms with Gasteiger partial charge in [0.25, 0.3) is 5.91 Å². The number of nitrogens with zero attached hydrogens (tertiary/aromatic N) is 2. The standard InChI is InChI=1S/C23H22IN3O3/c1-4-30-23(29)17-8-10-21(11-9-17)27-15(2)12-19(16(27)3)14-25-26-22(28)18-6-5-7-20(24)13-18/h5-14H,4H2,1-3H3,(H,26,28)/b25-14-. The molecule has 0 aliphatic rings. The quantitative estimate of drug-likeness (QED) is 0.225. The van der Waals surface area contributed by atoms with Gasteiger partial charge in [0.1, 0.15) is 0 Å². The number of hydrogen-bond donors (Lipinski definition) is 1. The first kappa shape index (κ1) is 21.8. The predicted molar refractivity (Wildman–Crippen MR) is 125 cm³/mol. The molecule has 0 spiro atoms. The van der Waals surface area contributed by atoms with Gasteiger partial charge >= 0.3 is 5.97 Å². The van der Waals surface area contributed by atoms with Crippen LogP contribution in [0.2, 0.25) is 0 Å². The normalized spacial score (nSPS) is 10.9. The first-order valence-electron chi connectivity index (χ1n) is 9.46. The predicted octanol–water partition coefficient (Wildman–Crippen LogP) is 4.64. The van der Waals surface area contributed by atoms with E-state index in [0.717, 1.165) is 26.2 Å². The molecule has 3 rings (SSSR count). The molecule has 0 aliphatic heterocycles. The lowest BCUT2D eigenvalue weighted by Crippen LogP contribution is -2.17. The number of benzene rings is 2. The molecule has 0 bridgehead atoms. The third-order valence-electron chi connectivity index (χ3n) is 4.56. The number of ether oxygens (including phenoxy) is 1. The molecule has 30 heavy (non-hydrogen) atoms. The van der Waals surface area contributed by atoms with Crippen LogP contribution in [0.1, 0.15) is 44.6 Å². The van der Waals surface area contributed by atoms with Crippen molar-refractivity contribution >= 4 is 40.7 Å². The third kappa shape index (κ3) is 4.96. The van der Waals surface area contributed by atoms with Crippen LogP contribution in [0.15, 0.2) is 59.7 Å². The van der Waals surface area contributed by atoms with Crippen molar-refractivity contribution in [2.75, 3.05) is 6.61 Å². The van der Waals surface area contributed by atoms with Gasteiger partial charge in [-0.15, -0.1) is 0 Å². The maximum Gasteiger partial charge on any atom is 0.338 e. The lowest BCUT2D eigenvalue weighted by Gasteiger charge is -2.10. The second kappa shape index (κ2) is 9.71. The maximum atomic E-state index is 12.2. The molecule has 154 valence electrons. The highest BCUT2D eigenvalue weighted by Gasteiger charge is 2.12. The molecule has 0 saturated carbocycles. The molecule has 1 heterocycles. The molecular formula is C23H22IN3O3. The summed E-state index contributed by atoms with van der Waals surface area (Å²) in [6.45, 7) is 6.10. The van der Waals surface area contributed by atoms with E-state index in [4.69, 9.17) is 4.74 Å². The fraction of sp³-hybridized carbons (Fsp3) is 0.174. The Morgan fingerprint density at radius 3 is 2.50 bits per heavy atom. The van der Waals surface area contributed by atoms with E-state index in [2.05, 4.69) is 37.7 Å². The molecule has 2 aromatic carbocycles. The number of halogens is 1. The van der Waals surface area contributed by atoms with E-state index in [1.54, 1.807) is 37.4 Å². The number of carbonyl (C=O) groups excluding carboxylic acids is 2. The van der Waals surface area contributed by atoms with Crippen LogP contribution in [-0.2, 0) is 4.74 Å². The van der Waals surface area contributed by atoms with E-state index in [1.165, 1.54) is 0 Å². The second-order valence-corrected chi connectivity index (χ2v) is 7.88. The minimum absolute atomic E-state index is 0.256. The van der Waals surface area contributed by atoms with E-state index in [1.807, 2.05) is 44.2 Å². The fourth-order valence-electron chi connectivity index (χ4n) is 3.13. The summed E-state index contributed by atoms with van der Waals surface area (Å²) in [5.41, 5.74) is 7.46. The molecular weight excluding hydrogens is 493 g/mol. The summed E-state index contributed by atoms with van der Waals surface area (Å²) in [6.07, 6.45) is 1.64. The molecule has 0 unspecified atom stereocenters. The maximum absolute atomic E-state index is 12.2. The number of rotatable bonds is 6. The van der Waals surface area contributed by atoms with Gasteiger partial charge in [0.05, 0.1) is 18.4 Å². The van der Waals surface area contributed by atoms with Crippen LogP contribution in [0, 0.1) is 17.4 Å². The summed E-state index contributed by atoms with van der Waals surface area (Å²) in [5.74, 6) is -0.588. The zero-order chi connectivity index (χ0) is 21.7. The minimum Gasteiger partial charge on any atom is -0.462 e. The first-order chi connectivity index (χ1) is 14.4. The van der Waals surface area contributed by atoms with Crippen LogP contribution in [0.3, 0.4) is 0 Å². The van der Waals surface area contributed by atoms with Crippen molar-refractivity contribution < 1.29 is 14.3 Å². The Bertz CT molecular complexity index is 1100. The second-order valence-electron chi connectivity index (χ2n) is 6.64. The van der Waals surface area contributed by atoms with Gasteiger partial charge < -0.3 is 9.30 Å². The van der Waals surface area contributed by atoms with Crippen LogP contribution in [-0.4, -0.2) is 29.3 Å². The monoisotopic (exact) mass is 515 g/mol. The van der Waals surface area contributed by atoms with Crippen molar-refractivity contribution in [2.24, 2.45) is 5.10 Å². The molecule has 3 aromatic rings. The number of hydrogen-bond acceptors (Lipinski definition) is 4. The van der Waals surface area contributed by atoms with Crippen LogP contribution in [0.4, 0.5) is 0 Å². The van der Waals surface area contributed by atoms with Gasteiger partial charge in [-0.25, -0.2) is 10.2 Å². The van der Waals surface area contributed by atoms with Crippen molar-refractivity contribution in [3.8, 4) is 5.69 Å². The molecule has 6 nitrogen and oxygen atoms in total. The zero-order valence-corrected chi connectivity index (χ0v) is 19.1. The Morgan fingerprint density at radius 1 is 1.10 bits per heavy atom. The summed E-state index contributed by atoms with van der Waals surface area (Å²) in [7, 11) is 0. The largest absolute Gasteiger partial charge is 0.462 e. The first-order valence-corrected chi connectivity index (χ1v) is 10.5. The number of nitrogens with one attached hydrogen (secondary N) is 1. The fourth-order valence-corrected chi connectivity index (χ4v) is 3.67. The Balaban J connectivity index is 1.76. The molecule has 1 amide bonds. The minimum atomic E-state index is -0.332. The summed E-state index contributed by atoms with van der Waals surface area (Å²) in [6, 6.07) is 16.6. The van der Waals surface area contributed by atoms with E-state index in [0.29, 0.717) is 17.7 Å². The van der Waals surface area contributed by atoms with Crippen molar-refractivity contribution in [1.82, 2.24) is 9.99 Å². The van der Waals surface area contributed by atoms with Crippen molar-refractivity contribution in [2.45, 2.75) is 20.8 Å². The van der Waals surface area contributed by atoms with Gasteiger partial charge in [-0.3, -0.25) is 4.79 Å². The Hall–Kier alpha value is -2.94. The van der Waals surface area contributed by atoms with E-state index in [-0.39, 0.29) is 11.9 Å². The molecule has 0 fully saturated rings. The number of carbonyl (C=O) groups is 2. The molecule has 7 heteroatoms. The Labute approximate surface area is 189 Å². The molecule has 1 N–H and O–H groups in total. The summed E-state index contributed by atoms with van der Waals surface area (Å²) in [5, 5.41) is 4.11. The third-order valence-corrected chi connectivity index (χ3v) is 5.23. The molecule has 0 saturated heterocycles. The average Bonchev–Trinajstić information content (AvgIpc) is 3.01. The highest BCUT2D eigenvalue weighted by Crippen LogP contribution is 2.20. The van der Waals surface area contributed by atoms with Crippen molar-refractivity contribution in [3.05, 3.63) is 86.2 Å². The Morgan fingerprint density at radius 2 is 1.83 bits per heavy atom. The highest BCUT2D eigenvalue weighted by molar-refractivity contribution is 14.1. The summed E-state index contributed by atoms with van der Waals surface area (Å²) >= 11 is 2.16. The molecule has 1 aromatic heterocycles. The average molecular weight is 515 g/mol. The Kier molecular flexibility index (Phi) is 7.04. The topological polar surface area (TPSA) is 72.7 Å². The van der Waals surface area contributed by atoms with Gasteiger partial charge in [0.2, 0.25) is 0 Å². The highest BCUT2D eigenvalue weighted by atomic mass is 127. The van der Waals surface area contributed by atoms with E-state index < -0.39 is 0 Å². The van der Waals surface area contributed by atoms with Gasteiger partial charge in [-0.2, -0.15) is 5.10 Å². The van der Waals surface area contributed by atoms with Crippen LogP contribution < -0.4 is 5.43 Å². The lowest BCUT2D eigenvalue weighted by atomic mass is 10.2. The van der Waals surface area contributed by atoms with Gasteiger partial charge in [0, 0.05) is 31.8 Å². The number of amides is 1. The lowest BCUT2D eigenvalue weighted by molar-refractivity contribution is 0.0526. The molecule has 0 aliphatic carbocycles. The van der Waals surface area contributed by atoms with Crippen LogP contribution >= 0.6 is 22.6 Å². The number of hydrazone groups is 1.